The number of aromatic nitrogens is 2. The molecule has 0 aliphatic carbocycles. The Bertz CT molecular complexity index is 940. The van der Waals surface area contributed by atoms with E-state index in [1.165, 1.54) is 12.0 Å². The van der Waals surface area contributed by atoms with E-state index in [2.05, 4.69) is 17.4 Å². The summed E-state index contributed by atoms with van der Waals surface area (Å²) < 4.78 is 1.89. The highest BCUT2D eigenvalue weighted by atomic mass is 35.5. The molecule has 4 rings (SSSR count). The van der Waals surface area contributed by atoms with Gasteiger partial charge in [0.2, 0.25) is 0 Å². The zero-order chi connectivity index (χ0) is 20.1. The lowest BCUT2D eigenvalue weighted by molar-refractivity contribution is 0.0675. The van der Waals surface area contributed by atoms with Crippen LogP contribution in [0.1, 0.15) is 28.8 Å². The van der Waals surface area contributed by atoms with Gasteiger partial charge in [-0.15, -0.1) is 12.4 Å². The van der Waals surface area contributed by atoms with Crippen molar-refractivity contribution < 1.29 is 4.79 Å². The first kappa shape index (κ1) is 22.1. The molecule has 1 aromatic heterocycles. The van der Waals surface area contributed by atoms with Gasteiger partial charge in [-0.25, -0.2) is 0 Å². The summed E-state index contributed by atoms with van der Waals surface area (Å²) in [4.78, 5) is 15.5. The van der Waals surface area contributed by atoms with E-state index >= 15 is 0 Å². The van der Waals surface area contributed by atoms with Gasteiger partial charge in [-0.3, -0.25) is 9.48 Å². The number of rotatable bonds is 6. The van der Waals surface area contributed by atoms with Crippen LogP contribution in [0.15, 0.2) is 66.9 Å². The van der Waals surface area contributed by atoms with Crippen molar-refractivity contribution in [3.8, 4) is 11.3 Å². The molecule has 5 nitrogen and oxygen atoms in total. The number of nitrogens with zero attached hydrogens (tertiary/aromatic N) is 3. The minimum Gasteiger partial charge on any atom is -0.338 e. The number of piperidine rings is 1. The molecule has 158 valence electrons. The van der Waals surface area contributed by atoms with Crippen LogP contribution in [-0.4, -0.2) is 47.3 Å². The van der Waals surface area contributed by atoms with E-state index in [9.17, 15) is 4.79 Å². The fourth-order valence-corrected chi connectivity index (χ4v) is 4.11. The van der Waals surface area contributed by atoms with Gasteiger partial charge in [0.1, 0.15) is 5.69 Å². The van der Waals surface area contributed by atoms with Crippen LogP contribution in [0, 0.1) is 5.92 Å². The van der Waals surface area contributed by atoms with Gasteiger partial charge in [-0.2, -0.15) is 5.10 Å². The van der Waals surface area contributed by atoms with Gasteiger partial charge in [0.15, 0.2) is 0 Å². The molecule has 1 saturated heterocycles. The monoisotopic (exact) mass is 424 g/mol. The number of carbonyl (C=O) groups excluding carboxylic acids is 1. The van der Waals surface area contributed by atoms with Gasteiger partial charge in [0, 0.05) is 24.8 Å². The third-order valence-corrected chi connectivity index (χ3v) is 5.53. The topological polar surface area (TPSA) is 50.2 Å². The first-order valence-corrected chi connectivity index (χ1v) is 10.4. The minimum atomic E-state index is 0. The van der Waals surface area contributed by atoms with Crippen LogP contribution < -0.4 is 5.32 Å². The lowest BCUT2D eigenvalue weighted by Crippen LogP contribution is -2.42. The lowest BCUT2D eigenvalue weighted by Gasteiger charge is -2.32. The highest BCUT2D eigenvalue weighted by Gasteiger charge is 2.27. The molecule has 1 amide bonds. The minimum absolute atomic E-state index is 0. The van der Waals surface area contributed by atoms with Crippen LogP contribution in [0.5, 0.6) is 0 Å². The highest BCUT2D eigenvalue weighted by molar-refractivity contribution is 5.99. The number of hydrogen-bond donors (Lipinski definition) is 1. The molecule has 3 aromatic rings. The van der Waals surface area contributed by atoms with Gasteiger partial charge in [0.25, 0.3) is 5.91 Å². The average molecular weight is 425 g/mol. The molecule has 1 atom stereocenters. The maximum atomic E-state index is 13.5. The summed E-state index contributed by atoms with van der Waals surface area (Å²) in [6, 6.07) is 20.2. The molecule has 1 aliphatic heterocycles. The molecule has 0 bridgehead atoms. The molecule has 2 aromatic carbocycles. The SMILES string of the molecule is CNCC1CCCN(C(=O)c2cn(Cc3ccccc3)nc2-c2ccccc2)C1.Cl. The second kappa shape index (κ2) is 10.4. The second-order valence-electron chi connectivity index (χ2n) is 7.76. The first-order chi connectivity index (χ1) is 14.2. The quantitative estimate of drug-likeness (QED) is 0.648. The number of likely N-dealkylation sites (tertiary alicyclic amines) is 1. The molecule has 1 aliphatic rings. The predicted molar refractivity (Wildman–Crippen MR) is 123 cm³/mol. The Morgan fingerprint density at radius 2 is 1.80 bits per heavy atom. The maximum Gasteiger partial charge on any atom is 0.257 e. The van der Waals surface area contributed by atoms with Crippen molar-refractivity contribution in [2.24, 2.45) is 5.92 Å². The molecule has 0 spiro atoms. The maximum absolute atomic E-state index is 13.5. The number of nitrogens with one attached hydrogen (secondary N) is 1. The van der Waals surface area contributed by atoms with Crippen LogP contribution in [0.2, 0.25) is 0 Å². The van der Waals surface area contributed by atoms with E-state index in [-0.39, 0.29) is 18.3 Å². The normalized spacial score (nSPS) is 16.2. The van der Waals surface area contributed by atoms with E-state index < -0.39 is 0 Å². The molecule has 0 radical (unpaired) electrons. The van der Waals surface area contributed by atoms with Crippen LogP contribution in [0.25, 0.3) is 11.3 Å². The molecular weight excluding hydrogens is 396 g/mol. The molecule has 0 saturated carbocycles. The Labute approximate surface area is 184 Å². The van der Waals surface area contributed by atoms with Crippen LogP contribution in [0.3, 0.4) is 0 Å². The van der Waals surface area contributed by atoms with Crippen LogP contribution >= 0.6 is 12.4 Å². The van der Waals surface area contributed by atoms with Crippen LogP contribution in [0.4, 0.5) is 0 Å². The van der Waals surface area contributed by atoms with Crippen molar-refractivity contribution in [3.05, 3.63) is 78.0 Å². The summed E-state index contributed by atoms with van der Waals surface area (Å²) in [5.74, 6) is 0.598. The number of carbonyl (C=O) groups is 1. The molecule has 1 unspecified atom stereocenters. The summed E-state index contributed by atoms with van der Waals surface area (Å²) in [7, 11) is 1.97. The Hall–Kier alpha value is -2.63. The van der Waals surface area contributed by atoms with Crippen molar-refractivity contribution >= 4 is 18.3 Å². The van der Waals surface area contributed by atoms with E-state index in [0.717, 1.165) is 37.3 Å². The first-order valence-electron chi connectivity index (χ1n) is 10.4. The second-order valence-corrected chi connectivity index (χ2v) is 7.76. The van der Waals surface area contributed by atoms with E-state index in [4.69, 9.17) is 5.10 Å². The summed E-state index contributed by atoms with van der Waals surface area (Å²) in [6.07, 6.45) is 4.14. The number of benzene rings is 2. The molecule has 2 heterocycles. The smallest absolute Gasteiger partial charge is 0.257 e. The molecular formula is C24H29ClN4O. The van der Waals surface area contributed by atoms with Gasteiger partial charge >= 0.3 is 0 Å². The van der Waals surface area contributed by atoms with Crippen molar-refractivity contribution in [2.45, 2.75) is 19.4 Å². The van der Waals surface area contributed by atoms with E-state index in [1.54, 1.807) is 0 Å². The molecule has 30 heavy (non-hydrogen) atoms. The molecule has 1 N–H and O–H groups in total. The third-order valence-electron chi connectivity index (χ3n) is 5.53. The average Bonchev–Trinajstić information content (AvgIpc) is 3.19. The van der Waals surface area contributed by atoms with Crippen molar-refractivity contribution in [1.82, 2.24) is 20.0 Å². The molecule has 6 heteroatoms. The van der Waals surface area contributed by atoms with Crippen molar-refractivity contribution in [1.29, 1.82) is 0 Å². The Balaban J connectivity index is 0.00000256. The van der Waals surface area contributed by atoms with Crippen LogP contribution in [-0.2, 0) is 6.54 Å². The van der Waals surface area contributed by atoms with Crippen molar-refractivity contribution in [2.75, 3.05) is 26.7 Å². The van der Waals surface area contributed by atoms with E-state index in [0.29, 0.717) is 18.0 Å². The van der Waals surface area contributed by atoms with Crippen molar-refractivity contribution in [3.63, 3.8) is 0 Å². The van der Waals surface area contributed by atoms with Gasteiger partial charge in [-0.05, 0) is 37.9 Å². The summed E-state index contributed by atoms with van der Waals surface area (Å²) in [5.41, 5.74) is 3.60. The van der Waals surface area contributed by atoms with E-state index in [1.807, 2.05) is 71.4 Å². The number of amides is 1. The highest BCUT2D eigenvalue weighted by Crippen LogP contribution is 2.26. The fourth-order valence-electron chi connectivity index (χ4n) is 4.11. The zero-order valence-electron chi connectivity index (χ0n) is 17.3. The number of hydrogen-bond acceptors (Lipinski definition) is 3. The lowest BCUT2D eigenvalue weighted by atomic mass is 9.97. The standard InChI is InChI=1S/C24H28N4O.ClH/c1-25-15-20-11-8-14-27(16-20)24(29)22-18-28(17-19-9-4-2-5-10-19)26-23(22)21-12-6-3-7-13-21;/h2-7,9-10,12-13,18,20,25H,8,11,14-17H2,1H3;1H. The number of halogens is 1. The fraction of sp³-hybridized carbons (Fsp3) is 0.333. The Morgan fingerprint density at radius 3 is 2.50 bits per heavy atom. The summed E-state index contributed by atoms with van der Waals surface area (Å²) in [5, 5.41) is 8.05. The largest absolute Gasteiger partial charge is 0.338 e. The summed E-state index contributed by atoms with van der Waals surface area (Å²) >= 11 is 0. The Kier molecular flexibility index (Phi) is 7.66. The predicted octanol–water partition coefficient (Wildman–Crippen LogP) is 4.09. The third kappa shape index (κ3) is 5.10. The molecule has 1 fully saturated rings. The van der Waals surface area contributed by atoms with Gasteiger partial charge in [0.05, 0.1) is 12.1 Å². The Morgan fingerprint density at radius 1 is 1.10 bits per heavy atom. The summed E-state index contributed by atoms with van der Waals surface area (Å²) in [6.45, 7) is 3.22. The zero-order valence-corrected chi connectivity index (χ0v) is 18.1. The van der Waals surface area contributed by atoms with Gasteiger partial charge in [-0.1, -0.05) is 60.7 Å². The van der Waals surface area contributed by atoms with Gasteiger partial charge < -0.3 is 10.2 Å².